The number of carbonyl (C=O) groups excluding carboxylic acids is 1. The van der Waals surface area contributed by atoms with Gasteiger partial charge in [0.15, 0.2) is 0 Å². The number of piperidine rings is 1. The van der Waals surface area contributed by atoms with Crippen LogP contribution in [0.2, 0.25) is 0 Å². The van der Waals surface area contributed by atoms with Crippen molar-refractivity contribution < 1.29 is 23.8 Å². The number of carbonyl (C=O) groups is 1. The molecule has 3 rings (SSSR count). The normalized spacial score (nSPS) is 28.6. The monoisotopic (exact) mass is 352 g/mol. The van der Waals surface area contributed by atoms with Crippen LogP contribution in [-0.2, 0) is 4.74 Å². The molecular formula is C18H25FN2O4. The Bertz CT molecular complexity index is 642. The first kappa shape index (κ1) is 18.1. The molecule has 0 saturated carbocycles. The van der Waals surface area contributed by atoms with Crippen LogP contribution in [0.15, 0.2) is 18.2 Å². The Morgan fingerprint density at radius 2 is 2.12 bits per heavy atom. The van der Waals surface area contributed by atoms with Crippen LogP contribution in [0.5, 0.6) is 5.75 Å². The van der Waals surface area contributed by atoms with Gasteiger partial charge in [0.2, 0.25) is 0 Å². The van der Waals surface area contributed by atoms with Crippen molar-refractivity contribution in [2.24, 2.45) is 0 Å². The van der Waals surface area contributed by atoms with Gasteiger partial charge in [0.05, 0.1) is 18.2 Å². The third kappa shape index (κ3) is 3.23. The van der Waals surface area contributed by atoms with Crippen LogP contribution in [0.4, 0.5) is 4.39 Å². The molecule has 2 aliphatic rings. The molecule has 0 aliphatic carbocycles. The lowest BCUT2D eigenvalue weighted by molar-refractivity contribution is -0.197. The van der Waals surface area contributed by atoms with Crippen molar-refractivity contribution in [1.82, 2.24) is 10.6 Å². The molecule has 1 aromatic carbocycles. The van der Waals surface area contributed by atoms with E-state index in [2.05, 4.69) is 10.6 Å². The highest BCUT2D eigenvalue weighted by atomic mass is 19.1. The molecule has 2 heterocycles. The predicted molar refractivity (Wildman–Crippen MR) is 90.2 cm³/mol. The second-order valence-corrected chi connectivity index (χ2v) is 7.00. The third-order valence-electron chi connectivity index (χ3n) is 5.38. The topological polar surface area (TPSA) is 79.8 Å². The zero-order valence-electron chi connectivity index (χ0n) is 14.6. The average Bonchev–Trinajstić information content (AvgIpc) is 2.60. The molecule has 2 saturated heterocycles. The number of benzene rings is 1. The number of rotatable bonds is 3. The Morgan fingerprint density at radius 3 is 2.80 bits per heavy atom. The Morgan fingerprint density at radius 1 is 1.40 bits per heavy atom. The number of aliphatic hydroxyl groups excluding tert-OH is 1. The van der Waals surface area contributed by atoms with E-state index in [9.17, 15) is 14.3 Å². The highest BCUT2D eigenvalue weighted by Crippen LogP contribution is 2.39. The Kier molecular flexibility index (Phi) is 4.99. The standard InChI is InChI=1S/C18H25FN2O4/c1-17(8-11-25-18(16(17)23)6-9-20-10-7-18)21-15(22)14-12(19)4-3-5-13(14)24-2/h3-5,16,20,23H,6-11H2,1-2H3,(H,21,22)/t16-,17+/m0/s1. The van der Waals surface area contributed by atoms with Gasteiger partial charge in [-0.1, -0.05) is 6.07 Å². The maximum atomic E-state index is 14.2. The fourth-order valence-electron chi connectivity index (χ4n) is 3.88. The molecule has 7 heteroatoms. The second kappa shape index (κ2) is 6.90. The van der Waals surface area contributed by atoms with E-state index < -0.39 is 29.0 Å². The molecule has 1 amide bonds. The molecule has 2 aliphatic heterocycles. The Hall–Kier alpha value is -1.70. The van der Waals surface area contributed by atoms with Crippen LogP contribution < -0.4 is 15.4 Å². The summed E-state index contributed by atoms with van der Waals surface area (Å²) in [6.07, 6.45) is 0.912. The summed E-state index contributed by atoms with van der Waals surface area (Å²) in [6.45, 7) is 3.72. The number of aliphatic hydroxyl groups is 1. The molecule has 1 spiro atoms. The van der Waals surface area contributed by atoms with Crippen molar-refractivity contribution in [1.29, 1.82) is 0 Å². The largest absolute Gasteiger partial charge is 0.496 e. The Labute approximate surface area is 146 Å². The summed E-state index contributed by atoms with van der Waals surface area (Å²) < 4.78 is 25.2. The number of nitrogens with one attached hydrogen (secondary N) is 2. The van der Waals surface area contributed by atoms with Crippen LogP contribution in [0, 0.1) is 5.82 Å². The van der Waals surface area contributed by atoms with Crippen LogP contribution in [-0.4, -0.2) is 55.1 Å². The minimum atomic E-state index is -0.903. The summed E-state index contributed by atoms with van der Waals surface area (Å²) in [5.74, 6) is -1.08. The van der Waals surface area contributed by atoms with Gasteiger partial charge < -0.3 is 25.2 Å². The molecule has 138 valence electrons. The van der Waals surface area contributed by atoms with Crippen molar-refractivity contribution in [3.63, 3.8) is 0 Å². The maximum Gasteiger partial charge on any atom is 0.258 e. The third-order valence-corrected chi connectivity index (χ3v) is 5.38. The maximum absolute atomic E-state index is 14.2. The van der Waals surface area contributed by atoms with Gasteiger partial charge in [-0.25, -0.2) is 4.39 Å². The number of ether oxygens (including phenoxy) is 2. The number of methoxy groups -OCH3 is 1. The van der Waals surface area contributed by atoms with E-state index in [4.69, 9.17) is 9.47 Å². The predicted octanol–water partition coefficient (Wildman–Crippen LogP) is 1.23. The quantitative estimate of drug-likeness (QED) is 0.762. The van der Waals surface area contributed by atoms with Gasteiger partial charge in [-0.3, -0.25) is 4.79 Å². The average molecular weight is 352 g/mol. The van der Waals surface area contributed by atoms with Gasteiger partial charge in [0, 0.05) is 6.61 Å². The number of hydrogen-bond donors (Lipinski definition) is 3. The first-order valence-corrected chi connectivity index (χ1v) is 8.60. The van der Waals surface area contributed by atoms with Crippen molar-refractivity contribution in [2.45, 2.75) is 43.4 Å². The molecule has 3 N–H and O–H groups in total. The second-order valence-electron chi connectivity index (χ2n) is 7.00. The molecular weight excluding hydrogens is 327 g/mol. The van der Waals surface area contributed by atoms with Gasteiger partial charge in [-0.05, 0) is 51.4 Å². The van der Waals surface area contributed by atoms with E-state index >= 15 is 0 Å². The lowest BCUT2D eigenvalue weighted by Gasteiger charge is -2.52. The fraction of sp³-hybridized carbons (Fsp3) is 0.611. The zero-order valence-corrected chi connectivity index (χ0v) is 14.6. The van der Waals surface area contributed by atoms with Crippen LogP contribution >= 0.6 is 0 Å². The summed E-state index contributed by atoms with van der Waals surface area (Å²) >= 11 is 0. The van der Waals surface area contributed by atoms with E-state index in [0.717, 1.165) is 13.1 Å². The Balaban J connectivity index is 1.85. The van der Waals surface area contributed by atoms with Gasteiger partial charge in [-0.2, -0.15) is 0 Å². The molecule has 25 heavy (non-hydrogen) atoms. The highest BCUT2D eigenvalue weighted by Gasteiger charge is 2.53. The van der Waals surface area contributed by atoms with E-state index in [1.54, 1.807) is 6.92 Å². The van der Waals surface area contributed by atoms with E-state index in [1.807, 2.05) is 0 Å². The molecule has 6 nitrogen and oxygen atoms in total. The molecule has 1 aromatic rings. The smallest absolute Gasteiger partial charge is 0.258 e. The van der Waals surface area contributed by atoms with Gasteiger partial charge >= 0.3 is 0 Å². The molecule has 2 fully saturated rings. The first-order chi connectivity index (χ1) is 11.9. The zero-order chi connectivity index (χ0) is 18.1. The number of halogens is 1. The summed E-state index contributed by atoms with van der Waals surface area (Å²) in [6, 6.07) is 4.24. The van der Waals surface area contributed by atoms with Crippen LogP contribution in [0.3, 0.4) is 0 Å². The van der Waals surface area contributed by atoms with Crippen molar-refractivity contribution >= 4 is 5.91 Å². The molecule has 0 bridgehead atoms. The molecule has 0 unspecified atom stereocenters. The SMILES string of the molecule is COc1cccc(F)c1C(=O)N[C@]1(C)CCOC2(CCNCC2)[C@H]1O. The molecule has 2 atom stereocenters. The number of amides is 1. The van der Waals surface area contributed by atoms with Crippen LogP contribution in [0.1, 0.15) is 36.5 Å². The molecule has 0 aromatic heterocycles. The summed E-state index contributed by atoms with van der Waals surface area (Å²) in [4.78, 5) is 12.7. The van der Waals surface area contributed by atoms with Gasteiger partial charge in [0.25, 0.3) is 5.91 Å². The highest BCUT2D eigenvalue weighted by molar-refractivity contribution is 5.97. The lowest BCUT2D eigenvalue weighted by Crippen LogP contribution is -2.69. The fourth-order valence-corrected chi connectivity index (χ4v) is 3.88. The van der Waals surface area contributed by atoms with E-state index in [-0.39, 0.29) is 11.3 Å². The molecule has 0 radical (unpaired) electrons. The van der Waals surface area contributed by atoms with Gasteiger partial charge in [-0.15, -0.1) is 0 Å². The van der Waals surface area contributed by atoms with Crippen LogP contribution in [0.25, 0.3) is 0 Å². The minimum Gasteiger partial charge on any atom is -0.496 e. The van der Waals surface area contributed by atoms with Crippen molar-refractivity contribution in [3.05, 3.63) is 29.6 Å². The first-order valence-electron chi connectivity index (χ1n) is 8.60. The lowest BCUT2D eigenvalue weighted by atomic mass is 9.73. The summed E-state index contributed by atoms with van der Waals surface area (Å²) in [7, 11) is 1.39. The van der Waals surface area contributed by atoms with E-state index in [0.29, 0.717) is 25.9 Å². The summed E-state index contributed by atoms with van der Waals surface area (Å²) in [5.41, 5.74) is -1.73. The van der Waals surface area contributed by atoms with Crippen molar-refractivity contribution in [3.8, 4) is 5.75 Å². The number of hydrogen-bond acceptors (Lipinski definition) is 5. The van der Waals surface area contributed by atoms with E-state index in [1.165, 1.54) is 25.3 Å². The van der Waals surface area contributed by atoms with Crippen molar-refractivity contribution in [2.75, 3.05) is 26.8 Å². The van der Waals surface area contributed by atoms with Gasteiger partial charge in [0.1, 0.15) is 23.2 Å². The summed E-state index contributed by atoms with van der Waals surface area (Å²) in [5, 5.41) is 17.1. The minimum absolute atomic E-state index is 0.149.